The number of hydrogen-bond donors (Lipinski definition) is 0. The second-order valence-electron chi connectivity index (χ2n) is 4.57. The molecule has 0 atom stereocenters. The van der Waals surface area contributed by atoms with E-state index in [4.69, 9.17) is 0 Å². The Labute approximate surface area is 120 Å². The maximum atomic E-state index is 13.4. The van der Waals surface area contributed by atoms with Crippen LogP contribution < -0.4 is 0 Å². The molecular weight excluding hydrogens is 272 g/mol. The standard InChI is InChI=1S/C17H11F2NO/c18-15-7-6-13(10-16(15)19)20-9-8-14(17(20)11-21)12-4-2-1-3-5-12/h1-11H. The van der Waals surface area contributed by atoms with Crippen molar-refractivity contribution in [3.8, 4) is 16.8 Å². The molecule has 1 heterocycles. The number of aromatic nitrogens is 1. The normalized spacial score (nSPS) is 10.6. The van der Waals surface area contributed by atoms with Gasteiger partial charge in [0.2, 0.25) is 0 Å². The summed E-state index contributed by atoms with van der Waals surface area (Å²) in [6.07, 6.45) is 2.38. The highest BCUT2D eigenvalue weighted by atomic mass is 19.2. The van der Waals surface area contributed by atoms with Crippen LogP contribution in [0.25, 0.3) is 16.8 Å². The van der Waals surface area contributed by atoms with Crippen LogP contribution in [0, 0.1) is 11.6 Å². The maximum Gasteiger partial charge on any atom is 0.167 e. The molecule has 104 valence electrons. The van der Waals surface area contributed by atoms with Crippen LogP contribution in [0.15, 0.2) is 60.8 Å². The SMILES string of the molecule is O=Cc1c(-c2ccccc2)ccn1-c1ccc(F)c(F)c1. The van der Waals surface area contributed by atoms with E-state index in [9.17, 15) is 13.6 Å². The predicted octanol–water partition coefficient (Wildman–Crippen LogP) is 4.24. The third kappa shape index (κ3) is 2.36. The average Bonchev–Trinajstić information content (AvgIpc) is 2.94. The minimum Gasteiger partial charge on any atom is -0.314 e. The maximum absolute atomic E-state index is 13.4. The molecule has 0 aliphatic rings. The van der Waals surface area contributed by atoms with E-state index in [-0.39, 0.29) is 0 Å². The summed E-state index contributed by atoms with van der Waals surface area (Å²) in [5.74, 6) is -1.86. The molecule has 0 aliphatic carbocycles. The molecule has 2 aromatic carbocycles. The lowest BCUT2D eigenvalue weighted by molar-refractivity contribution is 0.111. The van der Waals surface area contributed by atoms with Crippen molar-refractivity contribution >= 4 is 6.29 Å². The van der Waals surface area contributed by atoms with Crippen LogP contribution in [0.3, 0.4) is 0 Å². The van der Waals surface area contributed by atoms with E-state index in [1.54, 1.807) is 12.3 Å². The molecular formula is C17H11F2NO. The van der Waals surface area contributed by atoms with Crippen molar-refractivity contribution in [2.24, 2.45) is 0 Å². The average molecular weight is 283 g/mol. The fourth-order valence-corrected chi connectivity index (χ4v) is 2.29. The van der Waals surface area contributed by atoms with Crippen LogP contribution in [0.2, 0.25) is 0 Å². The zero-order chi connectivity index (χ0) is 14.8. The largest absolute Gasteiger partial charge is 0.314 e. The minimum absolute atomic E-state index is 0.396. The van der Waals surface area contributed by atoms with Crippen LogP contribution >= 0.6 is 0 Å². The zero-order valence-corrected chi connectivity index (χ0v) is 11.0. The Morgan fingerprint density at radius 3 is 2.33 bits per heavy atom. The molecule has 4 heteroatoms. The smallest absolute Gasteiger partial charge is 0.167 e. The number of carbonyl (C=O) groups excluding carboxylic acids is 1. The fraction of sp³-hybridized carbons (Fsp3) is 0. The lowest BCUT2D eigenvalue weighted by atomic mass is 10.1. The Bertz CT molecular complexity index is 794. The number of benzene rings is 2. The molecule has 0 aliphatic heterocycles. The first-order valence-electron chi connectivity index (χ1n) is 6.38. The van der Waals surface area contributed by atoms with E-state index in [1.165, 1.54) is 10.6 Å². The van der Waals surface area contributed by atoms with Crippen molar-refractivity contribution < 1.29 is 13.6 Å². The molecule has 3 aromatic rings. The van der Waals surface area contributed by atoms with E-state index in [0.29, 0.717) is 17.7 Å². The van der Waals surface area contributed by atoms with Gasteiger partial charge in [0, 0.05) is 23.5 Å². The third-order valence-electron chi connectivity index (χ3n) is 3.30. The van der Waals surface area contributed by atoms with Crippen molar-refractivity contribution in [2.75, 3.05) is 0 Å². The fourth-order valence-electron chi connectivity index (χ4n) is 2.29. The number of halogens is 2. The Kier molecular flexibility index (Phi) is 3.36. The second kappa shape index (κ2) is 5.32. The lowest BCUT2D eigenvalue weighted by Crippen LogP contribution is -2.00. The molecule has 21 heavy (non-hydrogen) atoms. The van der Waals surface area contributed by atoms with Gasteiger partial charge in [-0.25, -0.2) is 8.78 Å². The number of rotatable bonds is 3. The predicted molar refractivity (Wildman–Crippen MR) is 76.5 cm³/mol. The van der Waals surface area contributed by atoms with Gasteiger partial charge in [0.05, 0.1) is 5.69 Å². The van der Waals surface area contributed by atoms with E-state index in [0.717, 1.165) is 23.3 Å². The van der Waals surface area contributed by atoms with Crippen molar-refractivity contribution in [2.45, 2.75) is 0 Å². The molecule has 0 radical (unpaired) electrons. The second-order valence-corrected chi connectivity index (χ2v) is 4.57. The first kappa shape index (κ1) is 13.2. The number of hydrogen-bond acceptors (Lipinski definition) is 1. The highest BCUT2D eigenvalue weighted by Gasteiger charge is 2.12. The summed E-state index contributed by atoms with van der Waals surface area (Å²) in [4.78, 5) is 11.4. The van der Waals surface area contributed by atoms with Crippen LogP contribution in [-0.2, 0) is 0 Å². The van der Waals surface area contributed by atoms with E-state index in [2.05, 4.69) is 0 Å². The summed E-state index contributed by atoms with van der Waals surface area (Å²) in [5.41, 5.74) is 2.43. The molecule has 0 amide bonds. The molecule has 3 rings (SSSR count). The van der Waals surface area contributed by atoms with Crippen molar-refractivity contribution in [1.82, 2.24) is 4.57 Å². The van der Waals surface area contributed by atoms with Gasteiger partial charge in [0.25, 0.3) is 0 Å². The van der Waals surface area contributed by atoms with E-state index in [1.807, 2.05) is 30.3 Å². The zero-order valence-electron chi connectivity index (χ0n) is 11.0. The molecule has 0 saturated heterocycles. The molecule has 0 N–H and O–H groups in total. The third-order valence-corrected chi connectivity index (χ3v) is 3.30. The Morgan fingerprint density at radius 2 is 1.67 bits per heavy atom. The number of aldehydes is 1. The summed E-state index contributed by atoms with van der Waals surface area (Å²) in [6.45, 7) is 0. The van der Waals surface area contributed by atoms with Gasteiger partial charge in [0.15, 0.2) is 17.9 Å². The van der Waals surface area contributed by atoms with Crippen LogP contribution in [-0.4, -0.2) is 10.9 Å². The van der Waals surface area contributed by atoms with Gasteiger partial charge in [-0.1, -0.05) is 30.3 Å². The Hall–Kier alpha value is -2.75. The Balaban J connectivity index is 2.15. The molecule has 0 fully saturated rings. The monoisotopic (exact) mass is 283 g/mol. The van der Waals surface area contributed by atoms with Gasteiger partial charge in [-0.2, -0.15) is 0 Å². The van der Waals surface area contributed by atoms with Gasteiger partial charge >= 0.3 is 0 Å². The van der Waals surface area contributed by atoms with Crippen LogP contribution in [0.5, 0.6) is 0 Å². The van der Waals surface area contributed by atoms with Crippen LogP contribution in [0.1, 0.15) is 10.5 Å². The van der Waals surface area contributed by atoms with Crippen molar-refractivity contribution in [1.29, 1.82) is 0 Å². The molecule has 0 saturated carbocycles. The van der Waals surface area contributed by atoms with Gasteiger partial charge in [-0.3, -0.25) is 4.79 Å². The van der Waals surface area contributed by atoms with Crippen LogP contribution in [0.4, 0.5) is 8.78 Å². The van der Waals surface area contributed by atoms with Gasteiger partial charge in [-0.05, 0) is 23.8 Å². The number of nitrogens with zero attached hydrogens (tertiary/aromatic N) is 1. The highest BCUT2D eigenvalue weighted by molar-refractivity contribution is 5.87. The topological polar surface area (TPSA) is 22.0 Å². The lowest BCUT2D eigenvalue weighted by Gasteiger charge is -2.07. The summed E-state index contributed by atoms with van der Waals surface area (Å²) in [5, 5.41) is 0. The first-order valence-corrected chi connectivity index (χ1v) is 6.38. The molecule has 0 bridgehead atoms. The molecule has 2 nitrogen and oxygen atoms in total. The Morgan fingerprint density at radius 1 is 0.905 bits per heavy atom. The van der Waals surface area contributed by atoms with E-state index < -0.39 is 11.6 Å². The first-order chi connectivity index (χ1) is 10.2. The van der Waals surface area contributed by atoms with Crippen molar-refractivity contribution in [3.63, 3.8) is 0 Å². The van der Waals surface area contributed by atoms with Gasteiger partial charge < -0.3 is 4.57 Å². The summed E-state index contributed by atoms with van der Waals surface area (Å²) in [6, 6.07) is 14.7. The molecule has 0 unspecified atom stereocenters. The molecule has 1 aromatic heterocycles. The summed E-state index contributed by atoms with van der Waals surface area (Å²) >= 11 is 0. The highest BCUT2D eigenvalue weighted by Crippen LogP contribution is 2.26. The minimum atomic E-state index is -0.945. The van der Waals surface area contributed by atoms with Gasteiger partial charge in [0.1, 0.15) is 0 Å². The van der Waals surface area contributed by atoms with E-state index >= 15 is 0 Å². The molecule has 0 spiro atoms. The quantitative estimate of drug-likeness (QED) is 0.659. The summed E-state index contributed by atoms with van der Waals surface area (Å²) in [7, 11) is 0. The number of carbonyl (C=O) groups is 1. The van der Waals surface area contributed by atoms with Gasteiger partial charge in [-0.15, -0.1) is 0 Å². The summed E-state index contributed by atoms with van der Waals surface area (Å²) < 4.78 is 27.9. The van der Waals surface area contributed by atoms with Crippen molar-refractivity contribution in [3.05, 3.63) is 78.1 Å².